The van der Waals surface area contributed by atoms with Gasteiger partial charge in [-0.25, -0.2) is 0 Å². The fraction of sp³-hybridized carbons (Fsp3) is 0.200. The maximum atomic E-state index is 12.2. The third-order valence-electron chi connectivity index (χ3n) is 4.10. The lowest BCUT2D eigenvalue weighted by Crippen LogP contribution is -2.34. The number of carbonyl (C=O) groups excluding carboxylic acids is 2. The molecule has 0 saturated heterocycles. The highest BCUT2D eigenvalue weighted by atomic mass is 79.9. The van der Waals surface area contributed by atoms with Gasteiger partial charge in [0.2, 0.25) is 11.8 Å². The van der Waals surface area contributed by atoms with Crippen LogP contribution in [-0.4, -0.2) is 46.0 Å². The zero-order chi connectivity index (χ0) is 21.5. The Labute approximate surface area is 186 Å². The van der Waals surface area contributed by atoms with Crippen molar-refractivity contribution in [3.05, 3.63) is 58.8 Å². The van der Waals surface area contributed by atoms with Gasteiger partial charge in [-0.2, -0.15) is 0 Å². The zero-order valence-corrected chi connectivity index (χ0v) is 18.8. The van der Waals surface area contributed by atoms with Crippen LogP contribution in [0.3, 0.4) is 0 Å². The Balaban J connectivity index is 1.52. The van der Waals surface area contributed by atoms with Crippen molar-refractivity contribution >= 4 is 45.2 Å². The Morgan fingerprint density at radius 2 is 2.00 bits per heavy atom. The molecule has 1 heterocycles. The molecule has 0 saturated carbocycles. The van der Waals surface area contributed by atoms with Crippen LogP contribution >= 0.6 is 27.7 Å². The highest BCUT2D eigenvalue weighted by Crippen LogP contribution is 2.26. The molecule has 156 valence electrons. The molecule has 0 fully saturated rings. The van der Waals surface area contributed by atoms with Gasteiger partial charge in [0.1, 0.15) is 12.1 Å². The highest BCUT2D eigenvalue weighted by molar-refractivity contribution is 9.10. The van der Waals surface area contributed by atoms with Crippen LogP contribution in [0.4, 0.5) is 5.69 Å². The van der Waals surface area contributed by atoms with E-state index in [0.29, 0.717) is 16.6 Å². The number of hydrogen-bond acceptors (Lipinski definition) is 6. The van der Waals surface area contributed by atoms with E-state index in [2.05, 4.69) is 36.8 Å². The molecule has 0 atom stereocenters. The summed E-state index contributed by atoms with van der Waals surface area (Å²) in [7, 11) is 1.59. The molecule has 2 N–H and O–H groups in total. The van der Waals surface area contributed by atoms with Crippen LogP contribution in [0, 0.1) is 6.92 Å². The van der Waals surface area contributed by atoms with E-state index in [1.54, 1.807) is 24.1 Å². The quantitative estimate of drug-likeness (QED) is 0.471. The lowest BCUT2D eigenvalue weighted by molar-refractivity contribution is -0.122. The number of halogens is 1. The number of anilines is 1. The second-order valence-electron chi connectivity index (χ2n) is 6.23. The normalized spacial score (nSPS) is 10.5. The third kappa shape index (κ3) is 5.61. The number of hydrogen-bond donors (Lipinski definition) is 2. The van der Waals surface area contributed by atoms with Crippen molar-refractivity contribution in [1.29, 1.82) is 0 Å². The highest BCUT2D eigenvalue weighted by Gasteiger charge is 2.14. The molecule has 30 heavy (non-hydrogen) atoms. The number of aromatic nitrogens is 3. The summed E-state index contributed by atoms with van der Waals surface area (Å²) in [5.41, 5.74) is 2.41. The monoisotopic (exact) mass is 489 g/mol. The smallest absolute Gasteiger partial charge is 0.243 e. The summed E-state index contributed by atoms with van der Waals surface area (Å²) in [5, 5.41) is 13.9. The van der Waals surface area contributed by atoms with Gasteiger partial charge in [0.05, 0.1) is 25.1 Å². The van der Waals surface area contributed by atoms with Crippen molar-refractivity contribution in [2.45, 2.75) is 12.1 Å². The zero-order valence-electron chi connectivity index (χ0n) is 16.4. The molecule has 2 aromatic carbocycles. The van der Waals surface area contributed by atoms with Gasteiger partial charge in [0, 0.05) is 10.2 Å². The summed E-state index contributed by atoms with van der Waals surface area (Å²) < 4.78 is 8.05. The number of carbonyl (C=O) groups is 2. The standard InChI is InChI=1S/C20H20BrN5O3S/c1-13-9-14(21)7-8-15(13)24-18(27)10-22-19(28)11-30-20-25-23-12-26(20)16-5-3-4-6-17(16)29-2/h3-9,12H,10-11H2,1-2H3,(H,22,28)(H,24,27). The van der Waals surface area contributed by atoms with Crippen molar-refractivity contribution in [3.63, 3.8) is 0 Å². The van der Waals surface area contributed by atoms with Crippen LogP contribution in [0.25, 0.3) is 5.69 Å². The first-order valence-corrected chi connectivity index (χ1v) is 10.7. The van der Waals surface area contributed by atoms with Crippen molar-refractivity contribution in [1.82, 2.24) is 20.1 Å². The first kappa shape index (κ1) is 21.8. The number of benzene rings is 2. The number of rotatable bonds is 8. The number of thioether (sulfide) groups is 1. The van der Waals surface area contributed by atoms with E-state index >= 15 is 0 Å². The summed E-state index contributed by atoms with van der Waals surface area (Å²) in [6, 6.07) is 13.0. The Hall–Kier alpha value is -2.85. The second kappa shape index (κ2) is 10.3. The molecule has 0 bridgehead atoms. The number of methoxy groups -OCH3 is 1. The Kier molecular flexibility index (Phi) is 7.47. The van der Waals surface area contributed by atoms with Crippen molar-refractivity contribution in [2.75, 3.05) is 24.7 Å². The van der Waals surface area contributed by atoms with Crippen LogP contribution in [-0.2, 0) is 9.59 Å². The minimum absolute atomic E-state index is 0.0957. The predicted molar refractivity (Wildman–Crippen MR) is 119 cm³/mol. The first-order valence-electron chi connectivity index (χ1n) is 8.97. The molecule has 1 aromatic heterocycles. The van der Waals surface area contributed by atoms with Crippen molar-refractivity contribution in [2.24, 2.45) is 0 Å². The fourth-order valence-corrected chi connectivity index (χ4v) is 3.87. The number of aryl methyl sites for hydroxylation is 1. The Bertz CT molecular complexity index is 1060. The predicted octanol–water partition coefficient (Wildman–Crippen LogP) is 3.19. The van der Waals surface area contributed by atoms with E-state index in [4.69, 9.17) is 4.74 Å². The van der Waals surface area contributed by atoms with Gasteiger partial charge < -0.3 is 15.4 Å². The number of nitrogens with one attached hydrogen (secondary N) is 2. The van der Waals surface area contributed by atoms with E-state index in [1.807, 2.05) is 43.3 Å². The minimum Gasteiger partial charge on any atom is -0.495 e. The van der Waals surface area contributed by atoms with E-state index in [-0.39, 0.29) is 24.1 Å². The van der Waals surface area contributed by atoms with Gasteiger partial charge >= 0.3 is 0 Å². The van der Waals surface area contributed by atoms with Gasteiger partial charge in [-0.3, -0.25) is 14.2 Å². The van der Waals surface area contributed by atoms with Gasteiger partial charge in [-0.15, -0.1) is 10.2 Å². The van der Waals surface area contributed by atoms with E-state index < -0.39 is 0 Å². The summed E-state index contributed by atoms with van der Waals surface area (Å²) in [6.45, 7) is 1.78. The Morgan fingerprint density at radius 1 is 1.20 bits per heavy atom. The summed E-state index contributed by atoms with van der Waals surface area (Å²) in [4.78, 5) is 24.3. The van der Waals surface area contributed by atoms with Crippen LogP contribution in [0.5, 0.6) is 5.75 Å². The molecule has 0 aliphatic rings. The largest absolute Gasteiger partial charge is 0.495 e. The number of amides is 2. The summed E-state index contributed by atoms with van der Waals surface area (Å²) >= 11 is 4.60. The SMILES string of the molecule is COc1ccccc1-n1cnnc1SCC(=O)NCC(=O)Nc1ccc(Br)cc1C. The first-order chi connectivity index (χ1) is 14.5. The maximum Gasteiger partial charge on any atom is 0.243 e. The molecule has 8 nitrogen and oxygen atoms in total. The Morgan fingerprint density at radius 3 is 2.77 bits per heavy atom. The maximum absolute atomic E-state index is 12.2. The van der Waals surface area contributed by atoms with Gasteiger partial charge in [0.15, 0.2) is 5.16 Å². The average molecular weight is 490 g/mol. The summed E-state index contributed by atoms with van der Waals surface area (Å²) in [5.74, 6) is 0.190. The molecule has 3 aromatic rings. The van der Waals surface area contributed by atoms with Gasteiger partial charge in [-0.05, 0) is 42.8 Å². The third-order valence-corrected chi connectivity index (χ3v) is 5.54. The lowest BCUT2D eigenvalue weighted by Gasteiger charge is -2.11. The molecule has 0 radical (unpaired) electrons. The molecule has 10 heteroatoms. The number of nitrogens with zero attached hydrogens (tertiary/aromatic N) is 3. The molecular formula is C20H20BrN5O3S. The van der Waals surface area contributed by atoms with Crippen LogP contribution in [0.1, 0.15) is 5.56 Å². The van der Waals surface area contributed by atoms with Crippen LogP contribution in [0.2, 0.25) is 0 Å². The van der Waals surface area contributed by atoms with Crippen LogP contribution in [0.15, 0.2) is 58.4 Å². The van der Waals surface area contributed by atoms with Gasteiger partial charge in [-0.1, -0.05) is 39.8 Å². The average Bonchev–Trinajstić information content (AvgIpc) is 3.21. The fourth-order valence-electron chi connectivity index (χ4n) is 2.64. The molecule has 0 unspecified atom stereocenters. The van der Waals surface area contributed by atoms with E-state index in [9.17, 15) is 9.59 Å². The van der Waals surface area contributed by atoms with Gasteiger partial charge in [0.25, 0.3) is 0 Å². The molecule has 2 amide bonds. The lowest BCUT2D eigenvalue weighted by atomic mass is 10.2. The van der Waals surface area contributed by atoms with E-state index in [1.165, 1.54) is 11.8 Å². The number of para-hydroxylation sites is 2. The van der Waals surface area contributed by atoms with Crippen molar-refractivity contribution < 1.29 is 14.3 Å². The molecule has 0 aliphatic heterocycles. The molecule has 0 aliphatic carbocycles. The molecule has 3 rings (SSSR count). The number of ether oxygens (including phenoxy) is 1. The van der Waals surface area contributed by atoms with E-state index in [0.717, 1.165) is 15.7 Å². The van der Waals surface area contributed by atoms with Crippen molar-refractivity contribution in [3.8, 4) is 11.4 Å². The minimum atomic E-state index is -0.295. The summed E-state index contributed by atoms with van der Waals surface area (Å²) in [6.07, 6.45) is 1.56. The molecular weight excluding hydrogens is 470 g/mol. The molecule has 0 spiro atoms. The van der Waals surface area contributed by atoms with Crippen LogP contribution < -0.4 is 15.4 Å². The second-order valence-corrected chi connectivity index (χ2v) is 8.09. The topological polar surface area (TPSA) is 98.1 Å².